The average molecular weight is 570 g/mol. The molecule has 3 N–H and O–H groups in total. The highest BCUT2D eigenvalue weighted by Crippen LogP contribution is 2.42. The van der Waals surface area contributed by atoms with E-state index in [0.717, 1.165) is 30.2 Å². The van der Waals surface area contributed by atoms with Crippen molar-refractivity contribution in [2.24, 2.45) is 11.7 Å². The molecule has 3 aromatic rings. The van der Waals surface area contributed by atoms with E-state index in [1.165, 1.54) is 6.07 Å². The van der Waals surface area contributed by atoms with Gasteiger partial charge in [0.25, 0.3) is 0 Å². The van der Waals surface area contributed by atoms with Crippen molar-refractivity contribution in [3.05, 3.63) is 77.0 Å². The summed E-state index contributed by atoms with van der Waals surface area (Å²) in [5, 5.41) is 10.7. The summed E-state index contributed by atoms with van der Waals surface area (Å²) in [5.74, 6) is -3.62. The molecule has 5 atom stereocenters. The standard InChI is InChI=1S/C31H34F3N3O4/c1-17-10-18(12-28(35)31(17,2)39)22-7-8-36-15-19(22)11-27(38)26-6-5-23(32)30(37-26)29-24(33)13-21(14-25(29)34)41-20-4-3-9-40-16-20/h5-8,13-15,17-18,20,28,39H,3-4,9-12,16,35H2,1-2H3/t17-,18+,20-,28+,31+/m0/s1. The monoisotopic (exact) mass is 569 g/mol. The maximum absolute atomic E-state index is 15.1. The van der Waals surface area contributed by atoms with Crippen LogP contribution < -0.4 is 10.5 Å². The molecule has 0 bridgehead atoms. The minimum Gasteiger partial charge on any atom is -0.488 e. The van der Waals surface area contributed by atoms with Crippen LogP contribution in [-0.4, -0.2) is 51.8 Å². The van der Waals surface area contributed by atoms with Gasteiger partial charge < -0.3 is 20.3 Å². The lowest BCUT2D eigenvalue weighted by atomic mass is 9.67. The summed E-state index contributed by atoms with van der Waals surface area (Å²) >= 11 is 0. The molecule has 10 heteroatoms. The van der Waals surface area contributed by atoms with Gasteiger partial charge in [-0.05, 0) is 73.8 Å². The van der Waals surface area contributed by atoms with Crippen LogP contribution in [0.1, 0.15) is 67.1 Å². The Morgan fingerprint density at radius 2 is 1.93 bits per heavy atom. The van der Waals surface area contributed by atoms with Crippen LogP contribution in [0.4, 0.5) is 13.2 Å². The minimum atomic E-state index is -1.05. The highest BCUT2D eigenvalue weighted by atomic mass is 19.1. The Balaban J connectivity index is 1.38. The zero-order valence-electron chi connectivity index (χ0n) is 23.1. The molecule has 1 saturated heterocycles. The van der Waals surface area contributed by atoms with E-state index in [0.29, 0.717) is 38.0 Å². The first-order valence-electron chi connectivity index (χ1n) is 13.9. The van der Waals surface area contributed by atoms with E-state index in [-0.39, 0.29) is 35.8 Å². The summed E-state index contributed by atoms with van der Waals surface area (Å²) in [7, 11) is 0. The van der Waals surface area contributed by atoms with Crippen LogP contribution in [0.15, 0.2) is 42.7 Å². The van der Waals surface area contributed by atoms with Gasteiger partial charge in [0.15, 0.2) is 5.78 Å². The summed E-state index contributed by atoms with van der Waals surface area (Å²) in [6.07, 6.45) is 5.49. The molecule has 1 saturated carbocycles. The number of pyridine rings is 2. The van der Waals surface area contributed by atoms with Gasteiger partial charge in [-0.15, -0.1) is 0 Å². The molecular formula is C31H34F3N3O4. The molecule has 0 spiro atoms. The summed E-state index contributed by atoms with van der Waals surface area (Å²) in [6, 6.07) is 5.54. The van der Waals surface area contributed by atoms with Crippen LogP contribution in [0.5, 0.6) is 5.75 Å². The van der Waals surface area contributed by atoms with Crippen LogP contribution in [0.2, 0.25) is 0 Å². The van der Waals surface area contributed by atoms with Crippen LogP contribution in [0.25, 0.3) is 11.3 Å². The second-order valence-electron chi connectivity index (χ2n) is 11.3. The predicted molar refractivity (Wildman–Crippen MR) is 146 cm³/mol. The Morgan fingerprint density at radius 3 is 2.61 bits per heavy atom. The van der Waals surface area contributed by atoms with E-state index in [1.807, 2.05) is 13.0 Å². The fraction of sp³-hybridized carbons (Fsp3) is 0.452. The number of carbonyl (C=O) groups is 1. The molecule has 2 fully saturated rings. The maximum Gasteiger partial charge on any atom is 0.185 e. The van der Waals surface area contributed by atoms with Gasteiger partial charge in [-0.2, -0.15) is 0 Å². The number of benzene rings is 1. The fourth-order valence-corrected chi connectivity index (χ4v) is 5.79. The smallest absolute Gasteiger partial charge is 0.185 e. The molecule has 2 aromatic heterocycles. The normalized spacial score (nSPS) is 26.5. The van der Waals surface area contributed by atoms with E-state index >= 15 is 8.78 Å². The Labute approximate surface area is 236 Å². The lowest BCUT2D eigenvalue weighted by Crippen LogP contribution is -2.54. The number of aromatic nitrogens is 2. The minimum absolute atomic E-state index is 0.00635. The molecule has 1 aliphatic heterocycles. The van der Waals surface area contributed by atoms with E-state index in [4.69, 9.17) is 15.2 Å². The summed E-state index contributed by atoms with van der Waals surface area (Å²) in [6.45, 7) is 4.62. The summed E-state index contributed by atoms with van der Waals surface area (Å²) in [5.41, 5.74) is 5.43. The number of carbonyl (C=O) groups excluding carboxylic acids is 1. The van der Waals surface area contributed by atoms with Gasteiger partial charge in [-0.1, -0.05) is 6.92 Å². The highest BCUT2D eigenvalue weighted by molar-refractivity contribution is 5.96. The van der Waals surface area contributed by atoms with Gasteiger partial charge in [0.05, 0.1) is 17.8 Å². The van der Waals surface area contributed by atoms with Crippen molar-refractivity contribution >= 4 is 5.78 Å². The average Bonchev–Trinajstić information content (AvgIpc) is 2.93. The van der Waals surface area contributed by atoms with Gasteiger partial charge in [0.2, 0.25) is 0 Å². The van der Waals surface area contributed by atoms with Gasteiger partial charge in [0, 0.05) is 43.6 Å². The lowest BCUT2D eigenvalue weighted by Gasteiger charge is -2.44. The van der Waals surface area contributed by atoms with Gasteiger partial charge >= 0.3 is 0 Å². The Kier molecular flexibility index (Phi) is 8.45. The quantitative estimate of drug-likeness (QED) is 0.380. The van der Waals surface area contributed by atoms with E-state index < -0.39 is 46.1 Å². The summed E-state index contributed by atoms with van der Waals surface area (Å²) in [4.78, 5) is 21.6. The van der Waals surface area contributed by atoms with Crippen molar-refractivity contribution in [3.63, 3.8) is 0 Å². The third-order valence-corrected chi connectivity index (χ3v) is 8.46. The second kappa shape index (κ2) is 11.9. The number of hydrogen-bond donors (Lipinski definition) is 2. The van der Waals surface area contributed by atoms with Crippen molar-refractivity contribution in [2.75, 3.05) is 13.2 Å². The van der Waals surface area contributed by atoms with Crippen molar-refractivity contribution in [1.29, 1.82) is 0 Å². The van der Waals surface area contributed by atoms with Crippen LogP contribution in [0.3, 0.4) is 0 Å². The maximum atomic E-state index is 15.1. The number of ketones is 1. The SMILES string of the molecule is C[C@H]1C[C@@H](c2ccncc2CC(=O)c2ccc(F)c(-c3c(F)cc(O[C@H]4CCCOC4)cc3F)n2)C[C@@H](N)[C@]1(C)O. The van der Waals surface area contributed by atoms with Crippen molar-refractivity contribution < 1.29 is 32.5 Å². The second-order valence-corrected chi connectivity index (χ2v) is 11.3. The van der Waals surface area contributed by atoms with Gasteiger partial charge in [-0.3, -0.25) is 9.78 Å². The molecule has 41 heavy (non-hydrogen) atoms. The molecule has 0 radical (unpaired) electrons. The predicted octanol–water partition coefficient (Wildman–Crippen LogP) is 5.14. The fourth-order valence-electron chi connectivity index (χ4n) is 5.79. The molecule has 7 nitrogen and oxygen atoms in total. The Bertz CT molecular complexity index is 1390. The number of rotatable bonds is 7. The van der Waals surface area contributed by atoms with E-state index in [9.17, 15) is 14.3 Å². The first-order valence-corrected chi connectivity index (χ1v) is 13.9. The number of nitrogens with two attached hydrogens (primary N) is 1. The highest BCUT2D eigenvalue weighted by Gasteiger charge is 2.42. The largest absolute Gasteiger partial charge is 0.488 e. The molecule has 218 valence electrons. The molecule has 1 aliphatic carbocycles. The molecule has 0 amide bonds. The third kappa shape index (κ3) is 6.14. The Hall–Kier alpha value is -3.34. The van der Waals surface area contributed by atoms with Crippen LogP contribution in [0, 0.1) is 23.4 Å². The third-order valence-electron chi connectivity index (χ3n) is 8.46. The number of Topliss-reactive ketones (excluding diaryl/α,β-unsaturated/α-hetero) is 1. The first-order chi connectivity index (χ1) is 19.5. The molecule has 5 rings (SSSR count). The number of nitrogens with zero attached hydrogens (tertiary/aromatic N) is 2. The number of halogens is 3. The first kappa shape index (κ1) is 29.2. The molecule has 1 aromatic carbocycles. The zero-order valence-corrected chi connectivity index (χ0v) is 23.1. The zero-order chi connectivity index (χ0) is 29.3. The molecule has 2 aliphatic rings. The number of aliphatic hydroxyl groups is 1. The van der Waals surface area contributed by atoms with Crippen molar-refractivity contribution in [1.82, 2.24) is 9.97 Å². The molecular weight excluding hydrogens is 535 g/mol. The van der Waals surface area contributed by atoms with Crippen molar-refractivity contribution in [3.8, 4) is 17.0 Å². The Morgan fingerprint density at radius 1 is 1.17 bits per heavy atom. The number of hydrogen-bond acceptors (Lipinski definition) is 7. The van der Waals surface area contributed by atoms with Crippen LogP contribution in [-0.2, 0) is 11.2 Å². The van der Waals surface area contributed by atoms with Gasteiger partial charge in [0.1, 0.15) is 40.7 Å². The molecule has 3 heterocycles. The van der Waals surface area contributed by atoms with Crippen LogP contribution >= 0.6 is 0 Å². The molecule has 0 unspecified atom stereocenters. The van der Waals surface area contributed by atoms with E-state index in [2.05, 4.69) is 9.97 Å². The van der Waals surface area contributed by atoms with Crippen molar-refractivity contribution in [2.45, 2.75) is 69.6 Å². The van der Waals surface area contributed by atoms with E-state index in [1.54, 1.807) is 19.3 Å². The lowest BCUT2D eigenvalue weighted by molar-refractivity contribution is -0.0464. The topological polar surface area (TPSA) is 108 Å². The summed E-state index contributed by atoms with van der Waals surface area (Å²) < 4.78 is 56.0. The van der Waals surface area contributed by atoms with Gasteiger partial charge in [-0.25, -0.2) is 18.2 Å². The number of ether oxygens (including phenoxy) is 2.